The Hall–Kier alpha value is -3.29. The van der Waals surface area contributed by atoms with Gasteiger partial charge in [-0.2, -0.15) is 0 Å². The molecule has 0 saturated carbocycles. The molecule has 0 aromatic heterocycles. The van der Waals surface area contributed by atoms with E-state index in [-0.39, 0.29) is 0 Å². The van der Waals surface area contributed by atoms with Gasteiger partial charge in [0, 0.05) is 15.9 Å². The van der Waals surface area contributed by atoms with Gasteiger partial charge in [0.2, 0.25) is 0 Å². The van der Waals surface area contributed by atoms with Gasteiger partial charge in [-0.15, -0.1) is 0 Å². The summed E-state index contributed by atoms with van der Waals surface area (Å²) in [6, 6.07) is 27.9. The van der Waals surface area contributed by atoms with Crippen LogP contribution in [0.25, 0.3) is 0 Å². The zero-order valence-electron chi connectivity index (χ0n) is 18.8. The van der Waals surface area contributed by atoms with Crippen molar-refractivity contribution in [3.63, 3.8) is 0 Å². The van der Waals surface area contributed by atoms with Crippen molar-refractivity contribution in [3.8, 4) is 23.0 Å². The van der Waals surface area contributed by atoms with Crippen molar-refractivity contribution in [2.45, 2.75) is 20.8 Å². The van der Waals surface area contributed by atoms with Crippen molar-refractivity contribution in [1.82, 2.24) is 0 Å². The van der Waals surface area contributed by atoms with Crippen LogP contribution in [0.3, 0.4) is 0 Å². The molecule has 1 N–H and O–H groups in total. The quantitative estimate of drug-likeness (QED) is 0.379. The maximum absolute atomic E-state index is 11.2. The number of aryl methyl sites for hydroxylation is 3. The number of hydrogen-bond acceptors (Lipinski definition) is 3. The molecule has 0 fully saturated rings. The number of phenols is 1. The Morgan fingerprint density at radius 2 is 1.19 bits per heavy atom. The molecule has 0 heterocycles. The minimum atomic E-state index is -1.17. The second-order valence-electron chi connectivity index (χ2n) is 7.74. The average molecular weight is 442 g/mol. The van der Waals surface area contributed by atoms with Crippen molar-refractivity contribution in [2.75, 3.05) is 7.11 Å². The highest BCUT2D eigenvalue weighted by molar-refractivity contribution is 7.80. The maximum Gasteiger partial charge on any atom is 0.136 e. The van der Waals surface area contributed by atoms with Gasteiger partial charge in [0.15, 0.2) is 0 Å². The Bertz CT molecular complexity index is 1230. The van der Waals surface area contributed by atoms with Crippen LogP contribution in [0.5, 0.6) is 23.0 Å². The van der Waals surface area contributed by atoms with Gasteiger partial charge in [0.1, 0.15) is 23.0 Å². The molecule has 162 valence electrons. The van der Waals surface area contributed by atoms with Crippen LogP contribution in [0, 0.1) is 20.8 Å². The van der Waals surface area contributed by atoms with Gasteiger partial charge in [0.05, 0.1) is 7.11 Å². The highest BCUT2D eigenvalue weighted by Crippen LogP contribution is 2.45. The molecular weight excluding hydrogens is 415 g/mol. The Morgan fingerprint density at radius 3 is 1.84 bits per heavy atom. The van der Waals surface area contributed by atoms with Crippen molar-refractivity contribution >= 4 is 23.8 Å². The molecule has 0 aliphatic carbocycles. The Balaban J connectivity index is 2.02. The van der Waals surface area contributed by atoms with Gasteiger partial charge in [0.25, 0.3) is 0 Å². The van der Waals surface area contributed by atoms with E-state index in [1.807, 2.05) is 79.7 Å². The number of rotatable bonds is 6. The smallest absolute Gasteiger partial charge is 0.136 e. The summed E-state index contributed by atoms with van der Waals surface area (Å²) in [5, 5.41) is 14.2. The second kappa shape index (κ2) is 9.46. The third-order valence-electron chi connectivity index (χ3n) is 5.50. The zero-order valence-corrected chi connectivity index (χ0v) is 19.7. The third-order valence-corrected chi connectivity index (χ3v) is 8.38. The summed E-state index contributed by atoms with van der Waals surface area (Å²) in [6.07, 6.45) is 0. The largest absolute Gasteiger partial charge is 0.507 e. The van der Waals surface area contributed by atoms with Crippen molar-refractivity contribution in [3.05, 3.63) is 102 Å². The van der Waals surface area contributed by atoms with Crippen LogP contribution in [-0.2, 0) is 0 Å². The fourth-order valence-electron chi connectivity index (χ4n) is 3.88. The number of benzene rings is 4. The van der Waals surface area contributed by atoms with Crippen molar-refractivity contribution < 1.29 is 14.6 Å². The predicted octanol–water partition coefficient (Wildman–Crippen LogP) is 5.88. The van der Waals surface area contributed by atoms with Gasteiger partial charge < -0.3 is 14.6 Å². The Kier molecular flexibility index (Phi) is 6.48. The fraction of sp³-hybridized carbons (Fsp3) is 0.143. The maximum atomic E-state index is 11.2. The van der Waals surface area contributed by atoms with Crippen LogP contribution in [0.15, 0.2) is 84.9 Å². The Labute approximate surface area is 191 Å². The molecular formula is C28H27O3P. The molecule has 1 unspecified atom stereocenters. The van der Waals surface area contributed by atoms with E-state index in [9.17, 15) is 5.11 Å². The second-order valence-corrected chi connectivity index (χ2v) is 9.79. The first-order valence-corrected chi connectivity index (χ1v) is 11.9. The molecule has 0 aliphatic rings. The average Bonchev–Trinajstić information content (AvgIpc) is 2.79. The topological polar surface area (TPSA) is 38.7 Å². The summed E-state index contributed by atoms with van der Waals surface area (Å²) in [5.41, 5.74) is 3.07. The molecule has 0 radical (unpaired) electrons. The lowest BCUT2D eigenvalue weighted by molar-refractivity contribution is 0.418. The molecule has 3 nitrogen and oxygen atoms in total. The van der Waals surface area contributed by atoms with Gasteiger partial charge in [-0.05, 0) is 69.6 Å². The lowest BCUT2D eigenvalue weighted by Gasteiger charge is -2.27. The van der Waals surface area contributed by atoms with E-state index in [2.05, 4.69) is 26.0 Å². The molecule has 32 heavy (non-hydrogen) atoms. The predicted molar refractivity (Wildman–Crippen MR) is 134 cm³/mol. The summed E-state index contributed by atoms with van der Waals surface area (Å²) in [7, 11) is 0.527. The number of phenolic OH excluding ortho intramolecular Hbond substituents is 1. The molecule has 0 amide bonds. The highest BCUT2D eigenvalue weighted by atomic mass is 31.1. The van der Waals surface area contributed by atoms with E-state index in [1.165, 1.54) is 0 Å². The summed E-state index contributed by atoms with van der Waals surface area (Å²) >= 11 is 0. The first-order chi connectivity index (χ1) is 15.5. The number of methoxy groups -OCH3 is 1. The van der Waals surface area contributed by atoms with Gasteiger partial charge in [-0.25, -0.2) is 0 Å². The molecule has 4 heteroatoms. The molecule has 4 aromatic rings. The van der Waals surface area contributed by atoms with Gasteiger partial charge in [-0.1, -0.05) is 60.7 Å². The van der Waals surface area contributed by atoms with E-state index >= 15 is 0 Å². The highest BCUT2D eigenvalue weighted by Gasteiger charge is 2.29. The molecule has 4 aromatic carbocycles. The van der Waals surface area contributed by atoms with Gasteiger partial charge in [-0.3, -0.25) is 0 Å². The lowest BCUT2D eigenvalue weighted by Crippen LogP contribution is -2.26. The van der Waals surface area contributed by atoms with E-state index in [1.54, 1.807) is 7.11 Å². The molecule has 0 saturated heterocycles. The molecule has 0 bridgehead atoms. The molecule has 1 atom stereocenters. The first-order valence-electron chi connectivity index (χ1n) is 10.6. The molecule has 0 aliphatic heterocycles. The van der Waals surface area contributed by atoms with E-state index in [4.69, 9.17) is 9.47 Å². The minimum Gasteiger partial charge on any atom is -0.507 e. The van der Waals surface area contributed by atoms with Crippen LogP contribution in [0.2, 0.25) is 0 Å². The third kappa shape index (κ3) is 4.22. The standard InChI is InChI=1S/C28H27O3P/c1-19-11-10-18-25(26(19)29)32(27-20(2)12-8-16-23(27)30-4)28-21(3)13-9-17-24(28)31-22-14-6-5-7-15-22/h5-18,29H,1-4H3. The van der Waals surface area contributed by atoms with Crippen LogP contribution < -0.4 is 25.4 Å². The van der Waals surface area contributed by atoms with E-state index in [0.29, 0.717) is 5.75 Å². The summed E-state index contributed by atoms with van der Waals surface area (Å²) in [5.74, 6) is 2.69. The zero-order chi connectivity index (χ0) is 22.7. The van der Waals surface area contributed by atoms with Crippen LogP contribution in [0.4, 0.5) is 0 Å². The number of ether oxygens (including phenoxy) is 2. The lowest BCUT2D eigenvalue weighted by atomic mass is 10.2. The number of hydrogen-bond donors (Lipinski definition) is 1. The Morgan fingerprint density at radius 1 is 0.625 bits per heavy atom. The summed E-state index contributed by atoms with van der Waals surface area (Å²) in [4.78, 5) is 0. The normalized spacial score (nSPS) is 11.8. The van der Waals surface area contributed by atoms with Crippen LogP contribution in [0.1, 0.15) is 16.7 Å². The first kappa shape index (κ1) is 21.9. The van der Waals surface area contributed by atoms with Crippen LogP contribution >= 0.6 is 7.92 Å². The summed E-state index contributed by atoms with van der Waals surface area (Å²) < 4.78 is 12.2. The van der Waals surface area contributed by atoms with Gasteiger partial charge >= 0.3 is 0 Å². The van der Waals surface area contributed by atoms with Crippen molar-refractivity contribution in [2.24, 2.45) is 0 Å². The van der Waals surface area contributed by atoms with Crippen molar-refractivity contribution in [1.29, 1.82) is 0 Å². The fourth-order valence-corrected chi connectivity index (χ4v) is 6.79. The van der Waals surface area contributed by atoms with E-state index in [0.717, 1.165) is 49.9 Å². The molecule has 0 spiro atoms. The SMILES string of the molecule is COc1cccc(C)c1P(c1cccc(C)c1O)c1c(C)cccc1Oc1ccccc1. The van der Waals surface area contributed by atoms with Crippen LogP contribution in [-0.4, -0.2) is 12.2 Å². The number of para-hydroxylation sites is 2. The minimum absolute atomic E-state index is 0.317. The monoisotopic (exact) mass is 442 g/mol. The van der Waals surface area contributed by atoms with E-state index < -0.39 is 7.92 Å². The molecule has 4 rings (SSSR count). The number of aromatic hydroxyl groups is 1. The summed E-state index contributed by atoms with van der Waals surface area (Å²) in [6.45, 7) is 6.12.